The maximum absolute atomic E-state index is 5.83. The van der Waals surface area contributed by atoms with E-state index >= 15 is 0 Å². The number of aromatic nitrogens is 2. The van der Waals surface area contributed by atoms with Crippen molar-refractivity contribution in [2.75, 3.05) is 5.73 Å². The number of nitrogens with zero attached hydrogens (tertiary/aromatic N) is 1. The van der Waals surface area contributed by atoms with Crippen LogP contribution in [0.4, 0.5) is 5.82 Å². The Kier molecular flexibility index (Phi) is 3.17. The molecule has 19 heavy (non-hydrogen) atoms. The van der Waals surface area contributed by atoms with Crippen LogP contribution in [0, 0.1) is 20.8 Å². The van der Waals surface area contributed by atoms with Crippen molar-refractivity contribution in [3.05, 3.63) is 34.4 Å². The standard InChI is InChI=1S/C16H23N3/c1-9-7-12(16(4,5)6)8-10(2)13(9)14-11(3)15(17)19-18-14/h7-8H,1-6H3,(H3,17,18,19). The van der Waals surface area contributed by atoms with Crippen LogP contribution in [0.25, 0.3) is 11.3 Å². The van der Waals surface area contributed by atoms with Crippen molar-refractivity contribution < 1.29 is 0 Å². The molecular formula is C16H23N3. The van der Waals surface area contributed by atoms with Crippen molar-refractivity contribution in [3.8, 4) is 11.3 Å². The molecule has 3 heteroatoms. The Morgan fingerprint density at radius 3 is 1.95 bits per heavy atom. The third-order valence-corrected chi connectivity index (χ3v) is 3.70. The smallest absolute Gasteiger partial charge is 0.148 e. The number of benzene rings is 1. The Labute approximate surface area is 115 Å². The van der Waals surface area contributed by atoms with Gasteiger partial charge in [0.2, 0.25) is 0 Å². The largest absolute Gasteiger partial charge is 0.382 e. The number of nitrogen functional groups attached to an aromatic ring is 1. The van der Waals surface area contributed by atoms with Crippen LogP contribution < -0.4 is 5.73 Å². The Balaban J connectivity index is 2.64. The topological polar surface area (TPSA) is 54.7 Å². The third kappa shape index (κ3) is 2.37. The third-order valence-electron chi connectivity index (χ3n) is 3.70. The lowest BCUT2D eigenvalue weighted by atomic mass is 9.83. The fraction of sp³-hybridized carbons (Fsp3) is 0.438. The summed E-state index contributed by atoms with van der Waals surface area (Å²) in [5, 5.41) is 7.15. The summed E-state index contributed by atoms with van der Waals surface area (Å²) in [5.74, 6) is 0.577. The van der Waals surface area contributed by atoms with Crippen LogP contribution in [0.15, 0.2) is 12.1 Å². The van der Waals surface area contributed by atoms with Crippen LogP contribution in [0.5, 0.6) is 0 Å². The van der Waals surface area contributed by atoms with E-state index in [1.165, 1.54) is 22.3 Å². The van der Waals surface area contributed by atoms with E-state index in [1.54, 1.807) is 0 Å². The first-order chi connectivity index (χ1) is 8.71. The molecule has 3 nitrogen and oxygen atoms in total. The highest BCUT2D eigenvalue weighted by molar-refractivity contribution is 5.73. The summed E-state index contributed by atoms with van der Waals surface area (Å²) >= 11 is 0. The maximum atomic E-state index is 5.83. The van der Waals surface area contributed by atoms with Gasteiger partial charge in [0.25, 0.3) is 0 Å². The summed E-state index contributed by atoms with van der Waals surface area (Å²) in [5.41, 5.74) is 13.2. The van der Waals surface area contributed by atoms with Gasteiger partial charge in [0, 0.05) is 11.1 Å². The molecule has 0 atom stereocenters. The molecule has 0 spiro atoms. The highest BCUT2D eigenvalue weighted by Gasteiger charge is 2.18. The van der Waals surface area contributed by atoms with Gasteiger partial charge in [0.15, 0.2) is 0 Å². The van der Waals surface area contributed by atoms with Gasteiger partial charge < -0.3 is 5.73 Å². The number of hydrogen-bond donors (Lipinski definition) is 2. The van der Waals surface area contributed by atoms with Crippen molar-refractivity contribution in [2.24, 2.45) is 0 Å². The molecule has 3 N–H and O–H groups in total. The van der Waals surface area contributed by atoms with Crippen LogP contribution >= 0.6 is 0 Å². The lowest BCUT2D eigenvalue weighted by molar-refractivity contribution is 0.589. The van der Waals surface area contributed by atoms with Gasteiger partial charge in [-0.05, 0) is 42.9 Å². The van der Waals surface area contributed by atoms with E-state index < -0.39 is 0 Å². The van der Waals surface area contributed by atoms with E-state index in [2.05, 4.69) is 56.9 Å². The SMILES string of the molecule is Cc1cc(C(C)(C)C)cc(C)c1-c1[nH]nc(N)c1C. The lowest BCUT2D eigenvalue weighted by Gasteiger charge is -2.22. The van der Waals surface area contributed by atoms with Gasteiger partial charge in [-0.25, -0.2) is 0 Å². The van der Waals surface area contributed by atoms with Gasteiger partial charge in [-0.15, -0.1) is 0 Å². The number of anilines is 1. The second-order valence-corrected chi connectivity index (χ2v) is 6.34. The molecule has 0 saturated heterocycles. The molecule has 102 valence electrons. The monoisotopic (exact) mass is 257 g/mol. The number of nitrogens with two attached hydrogens (primary N) is 1. The first kappa shape index (κ1) is 13.7. The molecular weight excluding hydrogens is 234 g/mol. The summed E-state index contributed by atoms with van der Waals surface area (Å²) in [4.78, 5) is 0. The predicted molar refractivity (Wildman–Crippen MR) is 81.3 cm³/mol. The molecule has 0 fully saturated rings. The molecule has 1 aromatic heterocycles. The van der Waals surface area contributed by atoms with Crippen LogP contribution in [-0.2, 0) is 5.41 Å². The zero-order chi connectivity index (χ0) is 14.4. The average Bonchev–Trinajstić information content (AvgIpc) is 2.59. The first-order valence-electron chi connectivity index (χ1n) is 6.64. The van der Waals surface area contributed by atoms with Crippen molar-refractivity contribution in [2.45, 2.75) is 47.0 Å². The van der Waals surface area contributed by atoms with Gasteiger partial charge in [-0.2, -0.15) is 5.10 Å². The second-order valence-electron chi connectivity index (χ2n) is 6.34. The predicted octanol–water partition coefficient (Wildman–Crippen LogP) is 3.88. The molecule has 0 aliphatic rings. The fourth-order valence-corrected chi connectivity index (χ4v) is 2.45. The van der Waals surface area contributed by atoms with Crippen LogP contribution in [-0.4, -0.2) is 10.2 Å². The normalized spacial score (nSPS) is 11.9. The molecule has 0 unspecified atom stereocenters. The molecule has 0 bridgehead atoms. The summed E-state index contributed by atoms with van der Waals surface area (Å²) in [7, 11) is 0. The molecule has 0 saturated carbocycles. The fourth-order valence-electron chi connectivity index (χ4n) is 2.45. The number of aromatic amines is 1. The number of hydrogen-bond acceptors (Lipinski definition) is 2. The summed E-state index contributed by atoms with van der Waals surface area (Å²) in [6.45, 7) is 13.0. The maximum Gasteiger partial charge on any atom is 0.148 e. The summed E-state index contributed by atoms with van der Waals surface area (Å²) < 4.78 is 0. The van der Waals surface area contributed by atoms with E-state index in [4.69, 9.17) is 5.73 Å². The molecule has 0 radical (unpaired) electrons. The Bertz CT molecular complexity index is 592. The zero-order valence-corrected chi connectivity index (χ0v) is 12.7. The number of H-pyrrole nitrogens is 1. The minimum Gasteiger partial charge on any atom is -0.382 e. The van der Waals surface area contributed by atoms with E-state index in [0.29, 0.717) is 5.82 Å². The highest BCUT2D eigenvalue weighted by Crippen LogP contribution is 2.34. The summed E-state index contributed by atoms with van der Waals surface area (Å²) in [6.07, 6.45) is 0. The molecule has 1 aromatic carbocycles. The van der Waals surface area contributed by atoms with Crippen molar-refractivity contribution in [3.63, 3.8) is 0 Å². The molecule has 0 amide bonds. The zero-order valence-electron chi connectivity index (χ0n) is 12.7. The molecule has 2 aromatic rings. The number of aryl methyl sites for hydroxylation is 2. The van der Waals surface area contributed by atoms with Gasteiger partial charge in [0.05, 0.1) is 5.69 Å². The van der Waals surface area contributed by atoms with Gasteiger partial charge in [0.1, 0.15) is 5.82 Å². The van der Waals surface area contributed by atoms with Gasteiger partial charge >= 0.3 is 0 Å². The van der Waals surface area contributed by atoms with Gasteiger partial charge in [-0.3, -0.25) is 5.10 Å². The molecule has 0 aliphatic heterocycles. The van der Waals surface area contributed by atoms with Crippen LogP contribution in [0.1, 0.15) is 43.0 Å². The Morgan fingerprint density at radius 2 is 1.58 bits per heavy atom. The van der Waals surface area contributed by atoms with Gasteiger partial charge in [-0.1, -0.05) is 32.9 Å². The van der Waals surface area contributed by atoms with E-state index in [9.17, 15) is 0 Å². The number of rotatable bonds is 1. The van der Waals surface area contributed by atoms with Crippen molar-refractivity contribution in [1.29, 1.82) is 0 Å². The first-order valence-corrected chi connectivity index (χ1v) is 6.64. The number of nitrogens with one attached hydrogen (secondary N) is 1. The minimum atomic E-state index is 0.163. The average molecular weight is 257 g/mol. The Hall–Kier alpha value is -1.77. The van der Waals surface area contributed by atoms with Crippen LogP contribution in [0.2, 0.25) is 0 Å². The van der Waals surface area contributed by atoms with E-state index in [-0.39, 0.29) is 5.41 Å². The molecule has 2 rings (SSSR count). The van der Waals surface area contributed by atoms with Crippen molar-refractivity contribution >= 4 is 5.82 Å². The van der Waals surface area contributed by atoms with E-state index in [1.807, 2.05) is 6.92 Å². The Morgan fingerprint density at radius 1 is 1.05 bits per heavy atom. The van der Waals surface area contributed by atoms with Crippen LogP contribution in [0.3, 0.4) is 0 Å². The van der Waals surface area contributed by atoms with Crippen molar-refractivity contribution in [1.82, 2.24) is 10.2 Å². The lowest BCUT2D eigenvalue weighted by Crippen LogP contribution is -2.12. The summed E-state index contributed by atoms with van der Waals surface area (Å²) in [6, 6.07) is 4.53. The minimum absolute atomic E-state index is 0.163. The quantitative estimate of drug-likeness (QED) is 0.814. The van der Waals surface area contributed by atoms with E-state index in [0.717, 1.165) is 11.3 Å². The highest BCUT2D eigenvalue weighted by atomic mass is 15.2. The molecule has 0 aliphatic carbocycles. The molecule has 1 heterocycles. The second kappa shape index (κ2) is 4.41.